The summed E-state index contributed by atoms with van der Waals surface area (Å²) in [5.74, 6) is -4.19. The van der Waals surface area contributed by atoms with E-state index in [9.17, 15) is 13.6 Å². The number of alkyl halides is 2. The van der Waals surface area contributed by atoms with E-state index in [-0.39, 0.29) is 18.4 Å². The first-order valence-corrected chi connectivity index (χ1v) is 4.53. The van der Waals surface area contributed by atoms with Crippen molar-refractivity contribution < 1.29 is 13.6 Å². The van der Waals surface area contributed by atoms with E-state index in [0.717, 1.165) is 11.1 Å². The quantitative estimate of drug-likeness (QED) is 0.623. The van der Waals surface area contributed by atoms with Crippen LogP contribution in [-0.4, -0.2) is 11.7 Å². The molecular formula is C11H10F2O. The molecule has 1 aromatic carbocycles. The molecule has 1 nitrogen and oxygen atoms in total. The molecule has 3 heteroatoms. The monoisotopic (exact) mass is 196 g/mol. The number of halogens is 2. The van der Waals surface area contributed by atoms with E-state index >= 15 is 0 Å². The van der Waals surface area contributed by atoms with Gasteiger partial charge in [-0.15, -0.1) is 0 Å². The molecule has 1 aliphatic rings. The number of rotatable bonds is 0. The Morgan fingerprint density at radius 1 is 1.36 bits per heavy atom. The zero-order chi connectivity index (χ0) is 10.3. The molecule has 0 radical (unpaired) electrons. The van der Waals surface area contributed by atoms with Gasteiger partial charge in [-0.25, -0.2) is 0 Å². The second kappa shape index (κ2) is 2.87. The van der Waals surface area contributed by atoms with Gasteiger partial charge < -0.3 is 0 Å². The fraction of sp³-hybridized carbons (Fsp3) is 0.364. The number of aryl methyl sites for hydroxylation is 2. The number of fused-ring (bicyclic) bond motifs is 1. The summed E-state index contributed by atoms with van der Waals surface area (Å²) >= 11 is 0. The number of ketones is 1. The van der Waals surface area contributed by atoms with Crippen molar-refractivity contribution in [2.45, 2.75) is 25.7 Å². The predicted molar refractivity (Wildman–Crippen MR) is 48.8 cm³/mol. The molecule has 1 aliphatic carbocycles. The van der Waals surface area contributed by atoms with Crippen LogP contribution in [0, 0.1) is 6.92 Å². The van der Waals surface area contributed by atoms with Crippen molar-refractivity contribution in [2.75, 3.05) is 0 Å². The molecular weight excluding hydrogens is 186 g/mol. The van der Waals surface area contributed by atoms with E-state index in [1.165, 1.54) is 0 Å². The van der Waals surface area contributed by atoms with Crippen molar-refractivity contribution in [1.82, 2.24) is 0 Å². The van der Waals surface area contributed by atoms with Crippen LogP contribution < -0.4 is 0 Å². The van der Waals surface area contributed by atoms with Crippen LogP contribution in [0.3, 0.4) is 0 Å². The standard InChI is InChI=1S/C11H10F2O/c1-7-2-3-8-4-5-11(12,13)10(14)9(8)6-7/h2-3,6H,4-5H2,1H3. The van der Waals surface area contributed by atoms with E-state index in [1.807, 2.05) is 6.07 Å². The highest BCUT2D eigenvalue weighted by atomic mass is 19.3. The van der Waals surface area contributed by atoms with Crippen LogP contribution in [0.5, 0.6) is 0 Å². The summed E-state index contributed by atoms with van der Waals surface area (Å²) in [4.78, 5) is 11.3. The molecule has 0 heterocycles. The van der Waals surface area contributed by atoms with Crippen LogP contribution in [0.2, 0.25) is 0 Å². The average Bonchev–Trinajstić information content (AvgIpc) is 2.13. The molecule has 2 rings (SSSR count). The minimum absolute atomic E-state index is 0.196. The number of carbonyl (C=O) groups is 1. The Kier molecular flexibility index (Phi) is 1.91. The Bertz CT molecular complexity index is 396. The molecule has 0 aliphatic heterocycles. The molecule has 0 bridgehead atoms. The number of Topliss-reactive ketones (excluding diaryl/α,β-unsaturated/α-hetero) is 1. The molecule has 0 atom stereocenters. The first-order chi connectivity index (χ1) is 6.50. The molecule has 0 unspecified atom stereocenters. The third kappa shape index (κ3) is 1.33. The molecule has 1 aromatic rings. The van der Waals surface area contributed by atoms with Crippen molar-refractivity contribution in [1.29, 1.82) is 0 Å². The molecule has 0 spiro atoms. The van der Waals surface area contributed by atoms with Crippen molar-refractivity contribution in [3.8, 4) is 0 Å². The Morgan fingerprint density at radius 2 is 2.07 bits per heavy atom. The molecule has 0 aromatic heterocycles. The molecule has 74 valence electrons. The van der Waals surface area contributed by atoms with E-state index in [1.54, 1.807) is 19.1 Å². The first-order valence-electron chi connectivity index (χ1n) is 4.53. The Hall–Kier alpha value is -1.25. The van der Waals surface area contributed by atoms with Gasteiger partial charge in [0.25, 0.3) is 0 Å². The van der Waals surface area contributed by atoms with Crippen molar-refractivity contribution in [2.24, 2.45) is 0 Å². The lowest BCUT2D eigenvalue weighted by atomic mass is 9.87. The van der Waals surface area contributed by atoms with E-state index in [0.29, 0.717) is 0 Å². The van der Waals surface area contributed by atoms with Gasteiger partial charge in [-0.3, -0.25) is 4.79 Å². The topological polar surface area (TPSA) is 17.1 Å². The summed E-state index contributed by atoms with van der Waals surface area (Å²) in [5.41, 5.74) is 1.78. The Balaban J connectivity index is 2.54. The molecule has 0 N–H and O–H groups in total. The van der Waals surface area contributed by atoms with Crippen LogP contribution in [0.1, 0.15) is 27.9 Å². The van der Waals surface area contributed by atoms with Gasteiger partial charge in [-0.1, -0.05) is 17.7 Å². The van der Waals surface area contributed by atoms with Gasteiger partial charge in [0, 0.05) is 12.0 Å². The summed E-state index contributed by atoms with van der Waals surface area (Å²) < 4.78 is 26.1. The van der Waals surface area contributed by atoms with Crippen LogP contribution in [-0.2, 0) is 6.42 Å². The van der Waals surface area contributed by atoms with Gasteiger partial charge in [0.05, 0.1) is 0 Å². The van der Waals surface area contributed by atoms with E-state index in [4.69, 9.17) is 0 Å². The van der Waals surface area contributed by atoms with Crippen molar-refractivity contribution in [3.05, 3.63) is 34.9 Å². The molecule has 0 saturated carbocycles. The highest BCUT2D eigenvalue weighted by molar-refractivity contribution is 6.03. The van der Waals surface area contributed by atoms with Crippen molar-refractivity contribution >= 4 is 5.78 Å². The molecule has 14 heavy (non-hydrogen) atoms. The highest BCUT2D eigenvalue weighted by Gasteiger charge is 2.43. The number of hydrogen-bond donors (Lipinski definition) is 0. The smallest absolute Gasteiger partial charge is 0.287 e. The van der Waals surface area contributed by atoms with Crippen molar-refractivity contribution in [3.63, 3.8) is 0 Å². The Labute approximate surface area is 80.7 Å². The molecule has 0 amide bonds. The fourth-order valence-corrected chi connectivity index (χ4v) is 1.72. The maximum Gasteiger partial charge on any atom is 0.310 e. The lowest BCUT2D eigenvalue weighted by Crippen LogP contribution is -2.34. The van der Waals surface area contributed by atoms with Gasteiger partial charge in [0.15, 0.2) is 0 Å². The molecule has 0 saturated heterocycles. The summed E-state index contributed by atoms with van der Waals surface area (Å²) in [5, 5.41) is 0. The Morgan fingerprint density at radius 3 is 2.79 bits per heavy atom. The minimum Gasteiger partial charge on any atom is -0.287 e. The second-order valence-electron chi connectivity index (χ2n) is 3.69. The van der Waals surface area contributed by atoms with Crippen LogP contribution >= 0.6 is 0 Å². The van der Waals surface area contributed by atoms with Crippen LogP contribution in [0.4, 0.5) is 8.78 Å². The second-order valence-corrected chi connectivity index (χ2v) is 3.69. The molecule has 0 fully saturated rings. The maximum absolute atomic E-state index is 13.1. The first kappa shape index (κ1) is 9.31. The minimum atomic E-state index is -3.17. The van der Waals surface area contributed by atoms with E-state index in [2.05, 4.69) is 0 Å². The third-order valence-electron chi connectivity index (χ3n) is 2.55. The SMILES string of the molecule is Cc1ccc2c(c1)C(=O)C(F)(F)CC2. The summed E-state index contributed by atoms with van der Waals surface area (Å²) in [7, 11) is 0. The number of benzene rings is 1. The normalized spacial score (nSPS) is 19.2. The largest absolute Gasteiger partial charge is 0.310 e. The third-order valence-corrected chi connectivity index (χ3v) is 2.55. The zero-order valence-electron chi connectivity index (χ0n) is 7.81. The van der Waals surface area contributed by atoms with Gasteiger partial charge in [0.2, 0.25) is 5.78 Å². The average molecular weight is 196 g/mol. The van der Waals surface area contributed by atoms with E-state index < -0.39 is 11.7 Å². The van der Waals surface area contributed by atoms with Crippen LogP contribution in [0.15, 0.2) is 18.2 Å². The zero-order valence-corrected chi connectivity index (χ0v) is 7.81. The summed E-state index contributed by atoms with van der Waals surface area (Å²) in [6.45, 7) is 1.79. The lowest BCUT2D eigenvalue weighted by molar-refractivity contribution is 0.00202. The number of carbonyl (C=O) groups excluding carboxylic acids is 1. The highest BCUT2D eigenvalue weighted by Crippen LogP contribution is 2.33. The van der Waals surface area contributed by atoms with Crippen LogP contribution in [0.25, 0.3) is 0 Å². The summed E-state index contributed by atoms with van der Waals surface area (Å²) in [6, 6.07) is 5.15. The fourth-order valence-electron chi connectivity index (χ4n) is 1.72. The number of hydrogen-bond acceptors (Lipinski definition) is 1. The van der Waals surface area contributed by atoms with Gasteiger partial charge in [-0.2, -0.15) is 8.78 Å². The van der Waals surface area contributed by atoms with Gasteiger partial charge in [0.1, 0.15) is 0 Å². The predicted octanol–water partition coefficient (Wildman–Crippen LogP) is 2.76. The van der Waals surface area contributed by atoms with Gasteiger partial charge in [-0.05, 0) is 25.0 Å². The van der Waals surface area contributed by atoms with Gasteiger partial charge >= 0.3 is 5.92 Å². The summed E-state index contributed by atoms with van der Waals surface area (Å²) in [6.07, 6.45) is -0.0732. The maximum atomic E-state index is 13.1. The lowest BCUT2D eigenvalue weighted by Gasteiger charge is -2.22.